The highest BCUT2D eigenvalue weighted by molar-refractivity contribution is 14.0. The molecule has 1 saturated heterocycles. The Morgan fingerprint density at radius 2 is 2.15 bits per heavy atom. The van der Waals surface area contributed by atoms with Crippen LogP contribution in [0.2, 0.25) is 0 Å². The minimum Gasteiger partial charge on any atom is -0.493 e. The summed E-state index contributed by atoms with van der Waals surface area (Å²) in [5.74, 6) is 2.60. The molecular formula is C21H32IN3O2. The first-order valence-corrected chi connectivity index (χ1v) is 10.0. The van der Waals surface area contributed by atoms with E-state index in [1.807, 2.05) is 0 Å². The van der Waals surface area contributed by atoms with Crippen LogP contribution in [-0.2, 0) is 17.6 Å². The van der Waals surface area contributed by atoms with Crippen LogP contribution in [0.4, 0.5) is 0 Å². The number of aliphatic imine (C=N–C) groups is 1. The van der Waals surface area contributed by atoms with Crippen molar-refractivity contribution < 1.29 is 9.47 Å². The Labute approximate surface area is 179 Å². The number of guanidine groups is 1. The highest BCUT2D eigenvalue weighted by Gasteiger charge is 2.59. The first-order chi connectivity index (χ1) is 12.6. The number of nitrogens with zero attached hydrogens (tertiary/aromatic N) is 1. The maximum absolute atomic E-state index is 5.90. The van der Waals surface area contributed by atoms with Crippen molar-refractivity contribution in [3.63, 3.8) is 0 Å². The number of hydrogen-bond donors (Lipinski definition) is 2. The van der Waals surface area contributed by atoms with E-state index in [0.717, 1.165) is 57.3 Å². The van der Waals surface area contributed by atoms with Crippen molar-refractivity contribution in [1.29, 1.82) is 0 Å². The van der Waals surface area contributed by atoms with Crippen molar-refractivity contribution in [2.24, 2.45) is 16.3 Å². The quantitative estimate of drug-likeness (QED) is 0.383. The van der Waals surface area contributed by atoms with Gasteiger partial charge in [0.2, 0.25) is 0 Å². The van der Waals surface area contributed by atoms with E-state index in [4.69, 9.17) is 14.5 Å². The fraction of sp³-hybridized carbons (Fsp3) is 0.667. The van der Waals surface area contributed by atoms with Gasteiger partial charge in [0.1, 0.15) is 5.75 Å². The Bertz CT molecular complexity index is 692. The van der Waals surface area contributed by atoms with Gasteiger partial charge < -0.3 is 20.1 Å². The molecule has 3 aliphatic rings. The van der Waals surface area contributed by atoms with Gasteiger partial charge >= 0.3 is 0 Å². The van der Waals surface area contributed by atoms with Crippen LogP contribution in [0.5, 0.6) is 5.75 Å². The van der Waals surface area contributed by atoms with Crippen molar-refractivity contribution in [3.8, 4) is 5.75 Å². The minimum atomic E-state index is 0. The zero-order valence-corrected chi connectivity index (χ0v) is 18.9. The lowest BCUT2D eigenvalue weighted by molar-refractivity contribution is -0.106. The van der Waals surface area contributed by atoms with Gasteiger partial charge in [0.05, 0.1) is 12.7 Å². The van der Waals surface area contributed by atoms with Crippen LogP contribution in [0.1, 0.15) is 38.3 Å². The third-order valence-electron chi connectivity index (χ3n) is 6.16. The van der Waals surface area contributed by atoms with Crippen LogP contribution in [-0.4, -0.2) is 44.4 Å². The summed E-state index contributed by atoms with van der Waals surface area (Å²) in [5.41, 5.74) is 2.83. The molecule has 2 fully saturated rings. The lowest BCUT2D eigenvalue weighted by Crippen LogP contribution is -2.68. The molecule has 0 aromatic heterocycles. The van der Waals surface area contributed by atoms with Gasteiger partial charge in [-0.15, -0.1) is 24.0 Å². The Balaban J connectivity index is 0.00000210. The lowest BCUT2D eigenvalue weighted by Gasteiger charge is -2.54. The SMILES string of the molecule is CCNC(=NCCc1ccc2c(c1)CCO2)NC1C2CCOC2C1(C)C.I. The number of fused-ring (bicyclic) bond motifs is 2. The van der Waals surface area contributed by atoms with Crippen LogP contribution >= 0.6 is 24.0 Å². The molecule has 1 aliphatic carbocycles. The van der Waals surface area contributed by atoms with Gasteiger partial charge in [-0.3, -0.25) is 4.99 Å². The Morgan fingerprint density at radius 1 is 1.30 bits per heavy atom. The fourth-order valence-electron chi connectivity index (χ4n) is 4.78. The predicted molar refractivity (Wildman–Crippen MR) is 119 cm³/mol. The molecule has 0 bridgehead atoms. The van der Waals surface area contributed by atoms with Gasteiger partial charge in [-0.2, -0.15) is 0 Å². The summed E-state index contributed by atoms with van der Waals surface area (Å²) >= 11 is 0. The third-order valence-corrected chi connectivity index (χ3v) is 6.16. The number of hydrogen-bond acceptors (Lipinski definition) is 3. The number of halogens is 1. The molecule has 0 spiro atoms. The maximum atomic E-state index is 5.90. The van der Waals surface area contributed by atoms with Gasteiger partial charge in [-0.25, -0.2) is 0 Å². The molecule has 1 saturated carbocycles. The highest BCUT2D eigenvalue weighted by Crippen LogP contribution is 2.52. The molecule has 4 rings (SSSR count). The number of rotatable bonds is 5. The van der Waals surface area contributed by atoms with Crippen LogP contribution in [0.25, 0.3) is 0 Å². The Kier molecular flexibility index (Phi) is 6.56. The molecule has 2 N–H and O–H groups in total. The van der Waals surface area contributed by atoms with Crippen molar-refractivity contribution in [3.05, 3.63) is 29.3 Å². The smallest absolute Gasteiger partial charge is 0.191 e. The zero-order chi connectivity index (χ0) is 18.1. The summed E-state index contributed by atoms with van der Waals surface area (Å²) in [7, 11) is 0. The number of nitrogens with one attached hydrogen (secondary N) is 2. The fourth-order valence-corrected chi connectivity index (χ4v) is 4.78. The highest BCUT2D eigenvalue weighted by atomic mass is 127. The summed E-state index contributed by atoms with van der Waals surface area (Å²) in [5, 5.41) is 7.09. The van der Waals surface area contributed by atoms with Crippen molar-refractivity contribution in [1.82, 2.24) is 10.6 Å². The van der Waals surface area contributed by atoms with Gasteiger partial charge in [-0.05, 0) is 37.0 Å². The molecule has 2 aliphatic heterocycles. The largest absolute Gasteiger partial charge is 0.493 e. The standard InChI is InChI=1S/C21H31N3O2.HI/c1-4-22-20(24-18-16-9-12-26-19(16)21(18,2)3)23-10-7-14-5-6-17-15(13-14)8-11-25-17;/h5-6,13,16,18-19H,4,7-12H2,1-3H3,(H2,22,23,24);1H. The molecular weight excluding hydrogens is 453 g/mol. The first-order valence-electron chi connectivity index (χ1n) is 10.0. The summed E-state index contributed by atoms with van der Waals surface area (Å²) < 4.78 is 11.5. The molecule has 0 amide bonds. The summed E-state index contributed by atoms with van der Waals surface area (Å²) in [6.45, 7) is 10.1. The predicted octanol–water partition coefficient (Wildman–Crippen LogP) is 3.15. The molecule has 6 heteroatoms. The molecule has 2 heterocycles. The molecule has 1 aromatic carbocycles. The molecule has 1 aromatic rings. The maximum Gasteiger partial charge on any atom is 0.191 e. The lowest BCUT2D eigenvalue weighted by atomic mass is 9.57. The molecule has 150 valence electrons. The monoisotopic (exact) mass is 485 g/mol. The van der Waals surface area contributed by atoms with E-state index in [1.54, 1.807) is 0 Å². The van der Waals surface area contributed by atoms with E-state index in [9.17, 15) is 0 Å². The molecule has 3 unspecified atom stereocenters. The minimum absolute atomic E-state index is 0. The summed E-state index contributed by atoms with van der Waals surface area (Å²) in [6, 6.07) is 6.97. The van der Waals surface area contributed by atoms with Gasteiger partial charge in [-0.1, -0.05) is 26.0 Å². The molecule has 0 radical (unpaired) electrons. The van der Waals surface area contributed by atoms with Crippen molar-refractivity contribution in [2.45, 2.75) is 52.2 Å². The van der Waals surface area contributed by atoms with E-state index in [2.05, 4.69) is 49.6 Å². The van der Waals surface area contributed by atoms with Gasteiger partial charge in [0.25, 0.3) is 0 Å². The second kappa shape index (κ2) is 8.55. The zero-order valence-electron chi connectivity index (χ0n) is 16.6. The average molecular weight is 485 g/mol. The number of benzene rings is 1. The normalized spacial score (nSPS) is 27.7. The summed E-state index contributed by atoms with van der Waals surface area (Å²) in [4.78, 5) is 4.83. The van der Waals surface area contributed by atoms with Crippen molar-refractivity contribution in [2.75, 3.05) is 26.3 Å². The van der Waals surface area contributed by atoms with E-state index >= 15 is 0 Å². The van der Waals surface area contributed by atoms with Crippen LogP contribution in [0.15, 0.2) is 23.2 Å². The number of ether oxygens (including phenoxy) is 2. The first kappa shape index (κ1) is 20.7. The van der Waals surface area contributed by atoms with Gasteiger partial charge in [0, 0.05) is 43.5 Å². The van der Waals surface area contributed by atoms with Crippen LogP contribution in [0.3, 0.4) is 0 Å². The topological polar surface area (TPSA) is 54.9 Å². The van der Waals surface area contributed by atoms with Crippen LogP contribution < -0.4 is 15.4 Å². The average Bonchev–Trinajstić information content (AvgIpc) is 3.27. The second-order valence-corrected chi connectivity index (χ2v) is 8.24. The van der Waals surface area contributed by atoms with Crippen molar-refractivity contribution >= 4 is 29.9 Å². The van der Waals surface area contributed by atoms with E-state index in [0.29, 0.717) is 18.1 Å². The molecule has 3 atom stereocenters. The van der Waals surface area contributed by atoms with Gasteiger partial charge in [0.15, 0.2) is 5.96 Å². The Morgan fingerprint density at radius 3 is 2.96 bits per heavy atom. The summed E-state index contributed by atoms with van der Waals surface area (Å²) in [6.07, 6.45) is 3.53. The third kappa shape index (κ3) is 4.06. The van der Waals surface area contributed by atoms with E-state index < -0.39 is 0 Å². The molecule has 27 heavy (non-hydrogen) atoms. The van der Waals surface area contributed by atoms with E-state index in [-0.39, 0.29) is 29.4 Å². The second-order valence-electron chi connectivity index (χ2n) is 8.24. The van der Waals surface area contributed by atoms with E-state index in [1.165, 1.54) is 11.1 Å². The Hall–Kier alpha value is -1.02. The molecule has 5 nitrogen and oxygen atoms in total. The van der Waals surface area contributed by atoms with Crippen LogP contribution in [0, 0.1) is 11.3 Å².